The molecule has 0 spiro atoms. The van der Waals surface area contributed by atoms with Crippen molar-refractivity contribution in [3.05, 3.63) is 70.7 Å². The van der Waals surface area contributed by atoms with Gasteiger partial charge in [0, 0.05) is 53.4 Å². The number of pyridine rings is 1. The lowest BCUT2D eigenvalue weighted by Crippen LogP contribution is -2.28. The lowest BCUT2D eigenvalue weighted by atomic mass is 9.82. The van der Waals surface area contributed by atoms with Crippen LogP contribution in [0.2, 0.25) is 0 Å². The van der Waals surface area contributed by atoms with E-state index >= 15 is 0 Å². The first-order valence-electron chi connectivity index (χ1n) is 11.4. The molecule has 1 amide bonds. The Morgan fingerprint density at radius 1 is 1.13 bits per heavy atom. The van der Waals surface area contributed by atoms with Crippen LogP contribution < -0.4 is 5.32 Å². The molecule has 1 aliphatic heterocycles. The number of benzene rings is 1. The summed E-state index contributed by atoms with van der Waals surface area (Å²) in [5.74, 6) is 0.360. The Hall–Kier alpha value is -2.95. The van der Waals surface area contributed by atoms with Crippen molar-refractivity contribution in [1.29, 1.82) is 5.41 Å². The SMILES string of the molecule is C/C(=C\C(=N)c1cc(NC(=O)c2ccnc(C3CCC3)c2)ccc1C)N1CCCCC1. The van der Waals surface area contributed by atoms with Crippen molar-refractivity contribution >= 4 is 17.3 Å². The second-order valence-corrected chi connectivity index (χ2v) is 8.83. The molecular formula is C26H32N4O. The summed E-state index contributed by atoms with van der Waals surface area (Å²) in [6, 6.07) is 9.46. The second-order valence-electron chi connectivity index (χ2n) is 8.83. The van der Waals surface area contributed by atoms with E-state index in [1.807, 2.05) is 37.3 Å². The van der Waals surface area contributed by atoms with E-state index in [2.05, 4.69) is 22.1 Å². The fraction of sp³-hybridized carbons (Fsp3) is 0.423. The van der Waals surface area contributed by atoms with Gasteiger partial charge in [0.15, 0.2) is 0 Å². The number of likely N-dealkylation sites (tertiary alicyclic amines) is 1. The third kappa shape index (κ3) is 5.04. The van der Waals surface area contributed by atoms with Crippen molar-refractivity contribution < 1.29 is 4.79 Å². The first-order chi connectivity index (χ1) is 15.0. The maximum absolute atomic E-state index is 12.8. The van der Waals surface area contributed by atoms with Crippen molar-refractivity contribution in [3.8, 4) is 0 Å². The summed E-state index contributed by atoms with van der Waals surface area (Å²) >= 11 is 0. The van der Waals surface area contributed by atoms with E-state index in [9.17, 15) is 4.79 Å². The third-order valence-electron chi connectivity index (χ3n) is 6.56. The van der Waals surface area contributed by atoms with E-state index < -0.39 is 0 Å². The number of piperidine rings is 1. The number of carbonyl (C=O) groups is 1. The van der Waals surface area contributed by atoms with Gasteiger partial charge >= 0.3 is 0 Å². The minimum absolute atomic E-state index is 0.135. The lowest BCUT2D eigenvalue weighted by Gasteiger charge is -2.29. The Labute approximate surface area is 185 Å². The highest BCUT2D eigenvalue weighted by atomic mass is 16.1. The molecule has 5 heteroatoms. The standard InChI is InChI=1S/C26H32N4O/c1-18-9-10-22(17-23(18)24(27)15-19(2)30-13-4-3-5-14-30)29-26(31)21-11-12-28-25(16-21)20-7-6-8-20/h9-12,15-17,20,27H,3-8,13-14H2,1-2H3,(H,29,31)/b19-15+,27-24?. The van der Waals surface area contributed by atoms with Crippen LogP contribution in [0.5, 0.6) is 0 Å². The number of hydrogen-bond acceptors (Lipinski definition) is 4. The van der Waals surface area contributed by atoms with Gasteiger partial charge in [0.1, 0.15) is 0 Å². The van der Waals surface area contributed by atoms with Gasteiger partial charge < -0.3 is 15.6 Å². The maximum atomic E-state index is 12.8. The zero-order valence-electron chi connectivity index (χ0n) is 18.6. The van der Waals surface area contributed by atoms with Crippen molar-refractivity contribution in [2.24, 2.45) is 0 Å². The number of hydrogen-bond donors (Lipinski definition) is 2. The number of carbonyl (C=O) groups excluding carboxylic acids is 1. The molecule has 162 valence electrons. The summed E-state index contributed by atoms with van der Waals surface area (Å²) in [5.41, 5.74) is 5.85. The molecule has 0 unspecified atom stereocenters. The molecule has 0 radical (unpaired) electrons. The van der Waals surface area contributed by atoms with Gasteiger partial charge in [-0.25, -0.2) is 0 Å². The number of nitrogens with one attached hydrogen (secondary N) is 2. The number of rotatable bonds is 6. The van der Waals surface area contributed by atoms with Crippen molar-refractivity contribution in [2.75, 3.05) is 18.4 Å². The molecular weight excluding hydrogens is 384 g/mol. The fourth-order valence-electron chi connectivity index (χ4n) is 4.33. The van der Waals surface area contributed by atoms with E-state index in [4.69, 9.17) is 5.41 Å². The first kappa shape index (κ1) is 21.3. The van der Waals surface area contributed by atoms with Gasteiger partial charge in [0.2, 0.25) is 0 Å². The summed E-state index contributed by atoms with van der Waals surface area (Å²) in [4.78, 5) is 19.6. The van der Waals surface area contributed by atoms with Crippen LogP contribution in [0.15, 0.2) is 48.3 Å². The minimum atomic E-state index is -0.135. The predicted octanol–water partition coefficient (Wildman–Crippen LogP) is 5.67. The largest absolute Gasteiger partial charge is 0.375 e. The van der Waals surface area contributed by atoms with E-state index in [0.717, 1.165) is 48.4 Å². The van der Waals surface area contributed by atoms with Crippen LogP contribution in [0.4, 0.5) is 5.69 Å². The monoisotopic (exact) mass is 416 g/mol. The molecule has 1 aromatic heterocycles. The summed E-state index contributed by atoms with van der Waals surface area (Å²) in [5, 5.41) is 11.6. The molecule has 4 rings (SSSR count). The zero-order chi connectivity index (χ0) is 21.8. The van der Waals surface area contributed by atoms with E-state index in [0.29, 0.717) is 22.9 Å². The molecule has 31 heavy (non-hydrogen) atoms. The Kier molecular flexibility index (Phi) is 6.50. The highest BCUT2D eigenvalue weighted by molar-refractivity contribution is 6.09. The highest BCUT2D eigenvalue weighted by Crippen LogP contribution is 2.35. The van der Waals surface area contributed by atoms with Crippen molar-refractivity contribution in [3.63, 3.8) is 0 Å². The molecule has 2 heterocycles. The van der Waals surface area contributed by atoms with E-state index in [1.54, 1.807) is 12.3 Å². The second kappa shape index (κ2) is 9.46. The van der Waals surface area contributed by atoms with Gasteiger partial charge in [-0.05, 0) is 81.9 Å². The Morgan fingerprint density at radius 3 is 2.61 bits per heavy atom. The number of anilines is 1. The van der Waals surface area contributed by atoms with Gasteiger partial charge in [-0.1, -0.05) is 12.5 Å². The lowest BCUT2D eigenvalue weighted by molar-refractivity contribution is 0.102. The maximum Gasteiger partial charge on any atom is 0.255 e. The summed E-state index contributed by atoms with van der Waals surface area (Å²) in [6.45, 7) is 6.23. The number of nitrogens with zero attached hydrogens (tertiary/aromatic N) is 2. The van der Waals surface area contributed by atoms with Crippen molar-refractivity contribution in [2.45, 2.75) is 58.3 Å². The molecule has 0 atom stereocenters. The number of allylic oxidation sites excluding steroid dienone is 2. The Balaban J connectivity index is 1.48. The molecule has 1 saturated heterocycles. The third-order valence-corrected chi connectivity index (χ3v) is 6.56. The summed E-state index contributed by atoms with van der Waals surface area (Å²) in [7, 11) is 0. The Morgan fingerprint density at radius 2 is 1.90 bits per heavy atom. The number of aryl methyl sites for hydroxylation is 1. The average molecular weight is 417 g/mol. The highest BCUT2D eigenvalue weighted by Gasteiger charge is 2.21. The summed E-state index contributed by atoms with van der Waals surface area (Å²) in [6.07, 6.45) is 11.0. The molecule has 1 aliphatic carbocycles. The van der Waals surface area contributed by atoms with Gasteiger partial charge in [-0.2, -0.15) is 0 Å². The van der Waals surface area contributed by atoms with Crippen LogP contribution in [-0.2, 0) is 0 Å². The van der Waals surface area contributed by atoms with Crippen molar-refractivity contribution in [1.82, 2.24) is 9.88 Å². The molecule has 2 N–H and O–H groups in total. The van der Waals surface area contributed by atoms with Crippen LogP contribution in [0.1, 0.15) is 78.5 Å². The minimum Gasteiger partial charge on any atom is -0.375 e. The smallest absolute Gasteiger partial charge is 0.255 e. The van der Waals surface area contributed by atoms with Crippen LogP contribution in [0.25, 0.3) is 0 Å². The van der Waals surface area contributed by atoms with Gasteiger partial charge in [-0.3, -0.25) is 9.78 Å². The number of amides is 1. The predicted molar refractivity (Wildman–Crippen MR) is 126 cm³/mol. The Bertz CT molecular complexity index is 1000. The van der Waals surface area contributed by atoms with Crippen LogP contribution in [0, 0.1) is 12.3 Å². The van der Waals surface area contributed by atoms with E-state index in [1.165, 1.54) is 25.7 Å². The fourth-order valence-corrected chi connectivity index (χ4v) is 4.33. The van der Waals surface area contributed by atoms with Gasteiger partial charge in [0.05, 0.1) is 5.71 Å². The molecule has 2 fully saturated rings. The molecule has 5 nitrogen and oxygen atoms in total. The van der Waals surface area contributed by atoms with Crippen LogP contribution in [0.3, 0.4) is 0 Å². The van der Waals surface area contributed by atoms with Crippen LogP contribution >= 0.6 is 0 Å². The molecule has 1 saturated carbocycles. The van der Waals surface area contributed by atoms with Gasteiger partial charge in [0.25, 0.3) is 5.91 Å². The quantitative estimate of drug-likeness (QED) is 0.596. The normalized spacial score (nSPS) is 17.2. The molecule has 2 aromatic rings. The first-order valence-corrected chi connectivity index (χ1v) is 11.4. The number of aromatic nitrogens is 1. The van der Waals surface area contributed by atoms with E-state index in [-0.39, 0.29) is 5.91 Å². The summed E-state index contributed by atoms with van der Waals surface area (Å²) < 4.78 is 0. The molecule has 0 bridgehead atoms. The zero-order valence-corrected chi connectivity index (χ0v) is 18.6. The van der Waals surface area contributed by atoms with Gasteiger partial charge in [-0.15, -0.1) is 0 Å². The molecule has 2 aliphatic rings. The molecule has 1 aromatic carbocycles. The van der Waals surface area contributed by atoms with Crippen LogP contribution in [-0.4, -0.2) is 34.6 Å². The average Bonchev–Trinajstić information content (AvgIpc) is 2.74. The topological polar surface area (TPSA) is 69.1 Å².